The number of hydrogen-bond donors (Lipinski definition) is 1. The Morgan fingerprint density at radius 2 is 2.18 bits per heavy atom. The lowest BCUT2D eigenvalue weighted by molar-refractivity contribution is 0.563. The molecule has 17 heavy (non-hydrogen) atoms. The molecular formula is C13H17NO2S. The average molecular weight is 251 g/mol. The lowest BCUT2D eigenvalue weighted by Gasteiger charge is -2.16. The Bertz CT molecular complexity index is 514. The summed E-state index contributed by atoms with van der Waals surface area (Å²) < 4.78 is 22.9. The third-order valence-corrected chi connectivity index (χ3v) is 3.57. The van der Waals surface area contributed by atoms with Crippen LogP contribution in [0.2, 0.25) is 0 Å². The third kappa shape index (κ3) is 3.88. The topological polar surface area (TPSA) is 46.2 Å². The Balaban J connectivity index is 3.09. The van der Waals surface area contributed by atoms with E-state index in [-0.39, 0.29) is 6.04 Å². The largest absolute Gasteiger partial charge is 0.309 e. The zero-order chi connectivity index (χ0) is 12.9. The number of benzene rings is 1. The van der Waals surface area contributed by atoms with Crippen molar-refractivity contribution in [1.29, 1.82) is 0 Å². The lowest BCUT2D eigenvalue weighted by Crippen LogP contribution is -2.20. The highest BCUT2D eigenvalue weighted by Crippen LogP contribution is 2.19. The third-order valence-electron chi connectivity index (χ3n) is 2.46. The van der Waals surface area contributed by atoms with Crippen LogP contribution >= 0.6 is 0 Å². The molecule has 4 heteroatoms. The molecule has 1 unspecified atom stereocenters. The molecule has 0 aliphatic heterocycles. The Kier molecular flexibility index (Phi) is 4.73. The zero-order valence-electron chi connectivity index (χ0n) is 10.1. The Morgan fingerprint density at radius 3 is 2.71 bits per heavy atom. The molecule has 0 saturated carbocycles. The minimum Gasteiger partial charge on any atom is -0.309 e. The van der Waals surface area contributed by atoms with Crippen molar-refractivity contribution < 1.29 is 8.42 Å². The Hall–Kier alpha value is -1.31. The van der Waals surface area contributed by atoms with Crippen molar-refractivity contribution in [3.05, 3.63) is 29.8 Å². The standard InChI is InChI=1S/C13H17NO2S/c1-4-7-13(14-5-2)11-8-6-9-12(10-11)17(3,15)16/h1,6,8-10,13-14H,5,7H2,2-3H3. The number of sulfone groups is 1. The van der Waals surface area contributed by atoms with E-state index in [1.54, 1.807) is 18.2 Å². The van der Waals surface area contributed by atoms with Crippen molar-refractivity contribution in [2.24, 2.45) is 0 Å². The predicted molar refractivity (Wildman–Crippen MR) is 69.4 cm³/mol. The van der Waals surface area contributed by atoms with Crippen molar-refractivity contribution in [3.63, 3.8) is 0 Å². The van der Waals surface area contributed by atoms with E-state index in [4.69, 9.17) is 6.42 Å². The fourth-order valence-electron chi connectivity index (χ4n) is 1.63. The second-order valence-electron chi connectivity index (χ2n) is 3.86. The molecule has 0 aliphatic rings. The highest BCUT2D eigenvalue weighted by molar-refractivity contribution is 7.90. The molecule has 0 saturated heterocycles. The van der Waals surface area contributed by atoms with Crippen LogP contribution in [0.4, 0.5) is 0 Å². The quantitative estimate of drug-likeness (QED) is 0.811. The molecule has 3 nitrogen and oxygen atoms in total. The van der Waals surface area contributed by atoms with Crippen LogP contribution in [-0.2, 0) is 9.84 Å². The van der Waals surface area contributed by atoms with E-state index in [1.807, 2.05) is 13.0 Å². The molecule has 1 aromatic rings. The van der Waals surface area contributed by atoms with Gasteiger partial charge in [-0.25, -0.2) is 8.42 Å². The summed E-state index contributed by atoms with van der Waals surface area (Å²) >= 11 is 0. The monoisotopic (exact) mass is 251 g/mol. The van der Waals surface area contributed by atoms with E-state index >= 15 is 0 Å². The van der Waals surface area contributed by atoms with Crippen molar-refractivity contribution in [2.75, 3.05) is 12.8 Å². The molecule has 1 N–H and O–H groups in total. The maximum atomic E-state index is 11.5. The molecule has 1 atom stereocenters. The first-order valence-electron chi connectivity index (χ1n) is 5.46. The van der Waals surface area contributed by atoms with Gasteiger partial charge >= 0.3 is 0 Å². The maximum absolute atomic E-state index is 11.5. The van der Waals surface area contributed by atoms with Gasteiger partial charge in [-0.2, -0.15) is 0 Å². The molecule has 1 rings (SSSR count). The summed E-state index contributed by atoms with van der Waals surface area (Å²) in [5.74, 6) is 2.60. The summed E-state index contributed by atoms with van der Waals surface area (Å²) in [6.07, 6.45) is 7.06. The molecule has 0 aliphatic carbocycles. The van der Waals surface area contributed by atoms with Crippen LogP contribution in [0.3, 0.4) is 0 Å². The fourth-order valence-corrected chi connectivity index (χ4v) is 2.31. The maximum Gasteiger partial charge on any atom is 0.175 e. The van der Waals surface area contributed by atoms with Gasteiger partial charge in [-0.3, -0.25) is 0 Å². The molecule has 0 aromatic heterocycles. The van der Waals surface area contributed by atoms with E-state index in [0.717, 1.165) is 12.1 Å². The van der Waals surface area contributed by atoms with Crippen LogP contribution in [-0.4, -0.2) is 21.2 Å². The van der Waals surface area contributed by atoms with E-state index in [2.05, 4.69) is 11.2 Å². The Morgan fingerprint density at radius 1 is 1.47 bits per heavy atom. The van der Waals surface area contributed by atoms with Crippen LogP contribution in [0.5, 0.6) is 0 Å². The van der Waals surface area contributed by atoms with E-state index in [9.17, 15) is 8.42 Å². The lowest BCUT2D eigenvalue weighted by atomic mass is 10.0. The van der Waals surface area contributed by atoms with Crippen molar-refractivity contribution in [2.45, 2.75) is 24.3 Å². The average Bonchev–Trinajstić information content (AvgIpc) is 2.28. The number of hydrogen-bond acceptors (Lipinski definition) is 3. The summed E-state index contributed by atoms with van der Waals surface area (Å²) in [6, 6.07) is 6.91. The number of rotatable bonds is 5. The van der Waals surface area contributed by atoms with E-state index in [0.29, 0.717) is 11.3 Å². The van der Waals surface area contributed by atoms with E-state index < -0.39 is 9.84 Å². The highest BCUT2D eigenvalue weighted by atomic mass is 32.2. The van der Waals surface area contributed by atoms with Gasteiger partial charge < -0.3 is 5.32 Å². The van der Waals surface area contributed by atoms with Crippen LogP contribution in [0.1, 0.15) is 24.9 Å². The summed E-state index contributed by atoms with van der Waals surface area (Å²) in [4.78, 5) is 0.329. The normalized spacial score (nSPS) is 13.0. The van der Waals surface area contributed by atoms with Gasteiger partial charge in [0.05, 0.1) is 4.90 Å². The fraction of sp³-hybridized carbons (Fsp3) is 0.385. The molecule has 0 heterocycles. The van der Waals surface area contributed by atoms with Gasteiger partial charge in [0.2, 0.25) is 0 Å². The molecule has 0 bridgehead atoms. The highest BCUT2D eigenvalue weighted by Gasteiger charge is 2.12. The summed E-state index contributed by atoms with van der Waals surface area (Å²) in [7, 11) is -3.17. The van der Waals surface area contributed by atoms with Crippen LogP contribution in [0, 0.1) is 12.3 Å². The van der Waals surface area contributed by atoms with Gasteiger partial charge in [0.25, 0.3) is 0 Å². The molecule has 0 spiro atoms. The minimum absolute atomic E-state index is 0.00620. The molecule has 1 aromatic carbocycles. The molecule has 0 radical (unpaired) electrons. The van der Waals surface area contributed by atoms with E-state index in [1.165, 1.54) is 6.26 Å². The zero-order valence-corrected chi connectivity index (χ0v) is 10.9. The van der Waals surface area contributed by atoms with Crippen molar-refractivity contribution in [3.8, 4) is 12.3 Å². The van der Waals surface area contributed by atoms with Crippen molar-refractivity contribution in [1.82, 2.24) is 5.32 Å². The first-order valence-corrected chi connectivity index (χ1v) is 7.35. The molecule has 92 valence electrons. The van der Waals surface area contributed by atoms with Crippen molar-refractivity contribution >= 4 is 9.84 Å². The smallest absolute Gasteiger partial charge is 0.175 e. The first kappa shape index (κ1) is 13.8. The van der Waals surface area contributed by atoms with Gasteiger partial charge in [0.15, 0.2) is 9.84 Å². The molecule has 0 fully saturated rings. The van der Waals surface area contributed by atoms with Gasteiger partial charge in [0.1, 0.15) is 0 Å². The molecule has 0 amide bonds. The first-order chi connectivity index (χ1) is 7.99. The number of nitrogens with one attached hydrogen (secondary N) is 1. The molecular weight excluding hydrogens is 234 g/mol. The SMILES string of the molecule is C#CCC(NCC)c1cccc(S(C)(=O)=O)c1. The van der Waals surface area contributed by atoms with Gasteiger partial charge in [0, 0.05) is 18.7 Å². The second kappa shape index (κ2) is 5.85. The second-order valence-corrected chi connectivity index (χ2v) is 5.88. The van der Waals surface area contributed by atoms with Gasteiger partial charge in [-0.15, -0.1) is 12.3 Å². The summed E-state index contributed by atoms with van der Waals surface area (Å²) in [5, 5.41) is 3.24. The van der Waals surface area contributed by atoms with Crippen LogP contribution in [0.25, 0.3) is 0 Å². The number of terminal acetylenes is 1. The van der Waals surface area contributed by atoms with Crippen LogP contribution in [0.15, 0.2) is 29.2 Å². The Labute approximate surface area is 103 Å². The predicted octanol–water partition coefficient (Wildman–Crippen LogP) is 1.76. The van der Waals surface area contributed by atoms with Gasteiger partial charge in [-0.1, -0.05) is 19.1 Å². The van der Waals surface area contributed by atoms with Gasteiger partial charge in [-0.05, 0) is 24.2 Å². The summed E-state index contributed by atoms with van der Waals surface area (Å²) in [5.41, 5.74) is 0.910. The van der Waals surface area contributed by atoms with Crippen LogP contribution < -0.4 is 5.32 Å². The summed E-state index contributed by atoms with van der Waals surface area (Å²) in [6.45, 7) is 2.78. The minimum atomic E-state index is -3.17.